The van der Waals surface area contributed by atoms with Crippen LogP contribution in [0.4, 0.5) is 0 Å². The molecule has 0 aromatic heterocycles. The van der Waals surface area contributed by atoms with Gasteiger partial charge in [0.1, 0.15) is 0 Å². The molecule has 4 nitrogen and oxygen atoms in total. The predicted octanol–water partition coefficient (Wildman–Crippen LogP) is 3.06. The van der Waals surface area contributed by atoms with Gasteiger partial charge in [0.05, 0.1) is 0 Å². The largest absolute Gasteiger partial charge is 0.370 e. The molecule has 1 saturated carbocycles. The smallest absolute Gasteiger partial charge is 0.188 e. The molecule has 1 aliphatic carbocycles. The van der Waals surface area contributed by atoms with E-state index in [1.54, 1.807) is 0 Å². The Morgan fingerprint density at radius 2 is 1.88 bits per heavy atom. The molecule has 0 radical (unpaired) electrons. The number of nitrogens with one attached hydrogen (secondary N) is 1. The van der Waals surface area contributed by atoms with Gasteiger partial charge in [-0.2, -0.15) is 0 Å². The van der Waals surface area contributed by atoms with Crippen molar-refractivity contribution in [2.24, 2.45) is 10.7 Å². The third-order valence-corrected chi connectivity index (χ3v) is 5.33. The second kappa shape index (κ2) is 9.07. The first kappa shape index (κ1) is 17.3. The van der Waals surface area contributed by atoms with Crippen LogP contribution in [0.25, 0.3) is 0 Å². The third-order valence-electron chi connectivity index (χ3n) is 5.33. The topological polar surface area (TPSA) is 53.6 Å². The molecule has 1 heterocycles. The standard InChI is InChI=1S/C20H32N4/c21-20(23-19-10-3-1-2-4-11-19)22-13-7-14-24-15-12-17-8-5-6-9-18(17)16-24/h5-6,8-9,19H,1-4,7,10-16H2,(H3,21,22,23). The Morgan fingerprint density at radius 3 is 2.67 bits per heavy atom. The summed E-state index contributed by atoms with van der Waals surface area (Å²) in [4.78, 5) is 7.07. The van der Waals surface area contributed by atoms with E-state index in [2.05, 4.69) is 39.5 Å². The quantitative estimate of drug-likeness (QED) is 0.378. The van der Waals surface area contributed by atoms with E-state index in [9.17, 15) is 0 Å². The molecule has 1 fully saturated rings. The maximum Gasteiger partial charge on any atom is 0.188 e. The molecule has 0 saturated heterocycles. The Balaban J connectivity index is 1.36. The zero-order valence-electron chi connectivity index (χ0n) is 14.8. The Labute approximate surface area is 146 Å². The van der Waals surface area contributed by atoms with E-state index in [4.69, 9.17) is 5.73 Å². The van der Waals surface area contributed by atoms with Gasteiger partial charge in [-0.25, -0.2) is 0 Å². The normalized spacial score (nSPS) is 20.4. The third kappa shape index (κ3) is 5.23. The molecule has 4 heteroatoms. The van der Waals surface area contributed by atoms with E-state index in [-0.39, 0.29) is 0 Å². The van der Waals surface area contributed by atoms with Crippen molar-refractivity contribution < 1.29 is 0 Å². The van der Waals surface area contributed by atoms with Gasteiger partial charge in [0.25, 0.3) is 0 Å². The number of nitrogens with zero attached hydrogens (tertiary/aromatic N) is 2. The lowest BCUT2D eigenvalue weighted by molar-refractivity contribution is 0.252. The van der Waals surface area contributed by atoms with E-state index in [0.717, 1.165) is 32.6 Å². The molecule has 1 aromatic rings. The maximum absolute atomic E-state index is 6.06. The highest BCUT2D eigenvalue weighted by molar-refractivity contribution is 5.78. The first-order valence-corrected chi connectivity index (χ1v) is 9.67. The van der Waals surface area contributed by atoms with E-state index < -0.39 is 0 Å². The van der Waals surface area contributed by atoms with Gasteiger partial charge in [-0.1, -0.05) is 49.9 Å². The number of fused-ring (bicyclic) bond motifs is 1. The fourth-order valence-electron chi connectivity index (χ4n) is 3.92. The fraction of sp³-hybridized carbons (Fsp3) is 0.650. The average molecular weight is 329 g/mol. The number of aliphatic imine (C=N–C) groups is 1. The summed E-state index contributed by atoms with van der Waals surface area (Å²) in [7, 11) is 0. The number of nitrogens with two attached hydrogens (primary N) is 1. The lowest BCUT2D eigenvalue weighted by Gasteiger charge is -2.28. The summed E-state index contributed by atoms with van der Waals surface area (Å²) in [5, 5.41) is 3.42. The van der Waals surface area contributed by atoms with E-state index in [0.29, 0.717) is 12.0 Å². The molecule has 1 aromatic carbocycles. The van der Waals surface area contributed by atoms with Crippen LogP contribution in [0.2, 0.25) is 0 Å². The van der Waals surface area contributed by atoms with E-state index in [1.807, 2.05) is 0 Å². The van der Waals surface area contributed by atoms with Crippen LogP contribution in [-0.4, -0.2) is 36.5 Å². The minimum absolute atomic E-state index is 0.537. The van der Waals surface area contributed by atoms with Crippen molar-refractivity contribution in [3.05, 3.63) is 35.4 Å². The Hall–Kier alpha value is -1.55. The van der Waals surface area contributed by atoms with Crippen LogP contribution in [0.3, 0.4) is 0 Å². The summed E-state index contributed by atoms with van der Waals surface area (Å²) in [6.45, 7) is 4.17. The number of hydrogen-bond donors (Lipinski definition) is 2. The number of guanidine groups is 1. The Bertz CT molecular complexity index is 532. The molecule has 0 amide bonds. The van der Waals surface area contributed by atoms with Crippen LogP contribution < -0.4 is 11.1 Å². The Morgan fingerprint density at radius 1 is 1.12 bits per heavy atom. The zero-order valence-corrected chi connectivity index (χ0v) is 14.8. The first-order valence-electron chi connectivity index (χ1n) is 9.67. The SMILES string of the molecule is NC(=NCCCN1CCc2ccccc2C1)NC1CCCCCC1. The Kier molecular flexibility index (Phi) is 6.53. The number of rotatable bonds is 5. The molecule has 24 heavy (non-hydrogen) atoms. The molecule has 3 rings (SSSR count). The van der Waals surface area contributed by atoms with Crippen molar-refractivity contribution >= 4 is 5.96 Å². The van der Waals surface area contributed by atoms with Gasteiger partial charge >= 0.3 is 0 Å². The molecule has 0 atom stereocenters. The van der Waals surface area contributed by atoms with Crippen molar-refractivity contribution in [1.29, 1.82) is 0 Å². The number of benzene rings is 1. The monoisotopic (exact) mass is 328 g/mol. The summed E-state index contributed by atoms with van der Waals surface area (Å²) in [6, 6.07) is 9.35. The molecule has 132 valence electrons. The highest BCUT2D eigenvalue weighted by Crippen LogP contribution is 2.18. The second-order valence-corrected chi connectivity index (χ2v) is 7.25. The van der Waals surface area contributed by atoms with Crippen LogP contribution in [0.1, 0.15) is 56.1 Å². The molecule has 0 spiro atoms. The molecule has 2 aliphatic rings. The average Bonchev–Trinajstić information content (AvgIpc) is 2.87. The van der Waals surface area contributed by atoms with Gasteiger partial charge < -0.3 is 11.1 Å². The highest BCUT2D eigenvalue weighted by atomic mass is 15.1. The van der Waals surface area contributed by atoms with Crippen molar-refractivity contribution in [2.75, 3.05) is 19.6 Å². The van der Waals surface area contributed by atoms with Crippen LogP contribution in [0, 0.1) is 0 Å². The first-order chi connectivity index (χ1) is 11.8. The molecule has 0 unspecified atom stereocenters. The maximum atomic E-state index is 6.06. The molecule has 0 bridgehead atoms. The van der Waals surface area contributed by atoms with Crippen LogP contribution in [0.15, 0.2) is 29.3 Å². The molecular formula is C20H32N4. The fourth-order valence-corrected chi connectivity index (χ4v) is 3.92. The van der Waals surface area contributed by atoms with Crippen molar-refractivity contribution in [3.8, 4) is 0 Å². The van der Waals surface area contributed by atoms with Gasteiger partial charge in [-0.3, -0.25) is 9.89 Å². The van der Waals surface area contributed by atoms with Gasteiger partial charge in [0, 0.05) is 32.2 Å². The lowest BCUT2D eigenvalue weighted by Crippen LogP contribution is -2.40. The van der Waals surface area contributed by atoms with Crippen LogP contribution >= 0.6 is 0 Å². The molecular weight excluding hydrogens is 296 g/mol. The van der Waals surface area contributed by atoms with E-state index in [1.165, 1.54) is 56.1 Å². The summed E-state index contributed by atoms with van der Waals surface area (Å²) in [5.41, 5.74) is 9.07. The van der Waals surface area contributed by atoms with Crippen molar-refractivity contribution in [3.63, 3.8) is 0 Å². The van der Waals surface area contributed by atoms with Crippen LogP contribution in [-0.2, 0) is 13.0 Å². The molecule has 1 aliphatic heterocycles. The van der Waals surface area contributed by atoms with Crippen molar-refractivity contribution in [2.45, 2.75) is 64.0 Å². The number of hydrogen-bond acceptors (Lipinski definition) is 2. The van der Waals surface area contributed by atoms with Crippen molar-refractivity contribution in [1.82, 2.24) is 10.2 Å². The summed E-state index contributed by atoms with van der Waals surface area (Å²) in [5.74, 6) is 0.644. The van der Waals surface area contributed by atoms with E-state index >= 15 is 0 Å². The van der Waals surface area contributed by atoms with Gasteiger partial charge in [0.15, 0.2) is 5.96 Å². The molecule has 3 N–H and O–H groups in total. The van der Waals surface area contributed by atoms with Gasteiger partial charge in [-0.05, 0) is 36.8 Å². The highest BCUT2D eigenvalue weighted by Gasteiger charge is 2.15. The predicted molar refractivity (Wildman–Crippen MR) is 101 cm³/mol. The zero-order chi connectivity index (χ0) is 16.6. The minimum atomic E-state index is 0.537. The summed E-state index contributed by atoms with van der Waals surface area (Å²) >= 11 is 0. The minimum Gasteiger partial charge on any atom is -0.370 e. The van der Waals surface area contributed by atoms with Gasteiger partial charge in [0.2, 0.25) is 0 Å². The lowest BCUT2D eigenvalue weighted by atomic mass is 10.00. The summed E-state index contributed by atoms with van der Waals surface area (Å²) in [6.07, 6.45) is 10.1. The summed E-state index contributed by atoms with van der Waals surface area (Å²) < 4.78 is 0. The van der Waals surface area contributed by atoms with Gasteiger partial charge in [-0.15, -0.1) is 0 Å². The van der Waals surface area contributed by atoms with Crippen LogP contribution in [0.5, 0.6) is 0 Å². The second-order valence-electron chi connectivity index (χ2n) is 7.25.